The van der Waals surface area contributed by atoms with E-state index in [0.717, 1.165) is 29.4 Å². The van der Waals surface area contributed by atoms with Crippen molar-refractivity contribution in [3.8, 4) is 0 Å². The number of amides is 1. The Kier molecular flexibility index (Phi) is 3.65. The van der Waals surface area contributed by atoms with Crippen molar-refractivity contribution in [2.75, 3.05) is 0 Å². The highest BCUT2D eigenvalue weighted by Crippen LogP contribution is 2.18. The molecule has 1 heterocycles. The predicted octanol–water partition coefficient (Wildman–Crippen LogP) is 1.99. The van der Waals surface area contributed by atoms with Gasteiger partial charge in [0.05, 0.1) is 17.3 Å². The van der Waals surface area contributed by atoms with Crippen molar-refractivity contribution in [1.29, 1.82) is 0 Å². The van der Waals surface area contributed by atoms with Crippen molar-refractivity contribution < 1.29 is 4.79 Å². The highest BCUT2D eigenvalue weighted by Gasteiger charge is 2.25. The fourth-order valence-electron chi connectivity index (χ4n) is 2.11. The van der Waals surface area contributed by atoms with Crippen molar-refractivity contribution >= 4 is 16.8 Å². The molecule has 0 aliphatic heterocycles. The number of nitrogens with one attached hydrogen (secondary N) is 2. The van der Waals surface area contributed by atoms with Crippen LogP contribution in [0.5, 0.6) is 0 Å². The molecule has 1 amide bonds. The summed E-state index contributed by atoms with van der Waals surface area (Å²) in [6.07, 6.45) is 2.23. The number of benzene rings is 1. The second-order valence-corrected chi connectivity index (χ2v) is 5.38. The van der Waals surface area contributed by atoms with Gasteiger partial charge in [0.15, 0.2) is 0 Å². The zero-order valence-corrected chi connectivity index (χ0v) is 11.6. The van der Waals surface area contributed by atoms with Gasteiger partial charge >= 0.3 is 0 Å². The number of carbonyl (C=O) groups is 1. The van der Waals surface area contributed by atoms with Gasteiger partial charge in [-0.2, -0.15) is 0 Å². The molecule has 2 N–H and O–H groups in total. The molecule has 4 nitrogen and oxygen atoms in total. The van der Waals surface area contributed by atoms with Gasteiger partial charge in [-0.15, -0.1) is 0 Å². The van der Waals surface area contributed by atoms with Crippen LogP contribution in [0.15, 0.2) is 36.4 Å². The molecule has 1 aromatic carbocycles. The van der Waals surface area contributed by atoms with E-state index in [1.54, 1.807) is 0 Å². The second-order valence-electron chi connectivity index (χ2n) is 5.38. The highest BCUT2D eigenvalue weighted by molar-refractivity contribution is 5.82. The van der Waals surface area contributed by atoms with Gasteiger partial charge < -0.3 is 10.6 Å². The maximum atomic E-state index is 11.8. The zero-order valence-electron chi connectivity index (χ0n) is 11.6. The van der Waals surface area contributed by atoms with Crippen molar-refractivity contribution in [2.24, 2.45) is 0 Å². The van der Waals surface area contributed by atoms with E-state index >= 15 is 0 Å². The minimum Gasteiger partial charge on any atom is -0.352 e. The summed E-state index contributed by atoms with van der Waals surface area (Å²) in [6.45, 7) is 2.49. The normalized spacial score (nSPS) is 16.1. The number of para-hydroxylation sites is 1. The molecule has 20 heavy (non-hydrogen) atoms. The minimum absolute atomic E-state index is 0.0771. The van der Waals surface area contributed by atoms with Gasteiger partial charge in [0.2, 0.25) is 5.91 Å². The Morgan fingerprint density at radius 3 is 2.90 bits per heavy atom. The number of pyridine rings is 1. The average Bonchev–Trinajstić information content (AvgIpc) is 3.28. The van der Waals surface area contributed by atoms with Crippen molar-refractivity contribution in [1.82, 2.24) is 15.6 Å². The molecule has 1 aliphatic carbocycles. The summed E-state index contributed by atoms with van der Waals surface area (Å²) in [7, 11) is 0. The molecule has 1 atom stereocenters. The summed E-state index contributed by atoms with van der Waals surface area (Å²) >= 11 is 0. The smallest absolute Gasteiger partial charge is 0.237 e. The van der Waals surface area contributed by atoms with Gasteiger partial charge in [0.1, 0.15) is 0 Å². The standard InChI is InChI=1S/C16H19N3O/c1-11(16(20)19-13-8-9-13)17-10-14-7-6-12-4-2-3-5-15(12)18-14/h2-7,11,13,17H,8-10H2,1H3,(H,19,20). The quantitative estimate of drug-likeness (QED) is 0.873. The summed E-state index contributed by atoms with van der Waals surface area (Å²) < 4.78 is 0. The van der Waals surface area contributed by atoms with E-state index in [1.165, 1.54) is 0 Å². The molecule has 0 radical (unpaired) electrons. The SMILES string of the molecule is CC(NCc1ccc2ccccc2n1)C(=O)NC1CC1. The zero-order chi connectivity index (χ0) is 13.9. The summed E-state index contributed by atoms with van der Waals surface area (Å²) in [5, 5.41) is 7.35. The first-order chi connectivity index (χ1) is 9.72. The number of aromatic nitrogens is 1. The fourth-order valence-corrected chi connectivity index (χ4v) is 2.11. The minimum atomic E-state index is -0.191. The number of carbonyl (C=O) groups excluding carboxylic acids is 1. The van der Waals surface area contributed by atoms with Crippen LogP contribution >= 0.6 is 0 Å². The lowest BCUT2D eigenvalue weighted by molar-refractivity contribution is -0.122. The number of fused-ring (bicyclic) bond motifs is 1. The maximum Gasteiger partial charge on any atom is 0.237 e. The van der Waals surface area contributed by atoms with Gasteiger partial charge in [-0.3, -0.25) is 9.78 Å². The Hall–Kier alpha value is -1.94. The molecule has 2 aromatic rings. The van der Waals surface area contributed by atoms with Crippen LogP contribution in [0.4, 0.5) is 0 Å². The lowest BCUT2D eigenvalue weighted by atomic mass is 10.2. The number of hydrogen-bond donors (Lipinski definition) is 2. The lowest BCUT2D eigenvalue weighted by Gasteiger charge is -2.13. The number of hydrogen-bond acceptors (Lipinski definition) is 3. The largest absolute Gasteiger partial charge is 0.352 e. The van der Waals surface area contributed by atoms with E-state index in [0.29, 0.717) is 12.6 Å². The van der Waals surface area contributed by atoms with Crippen LogP contribution in [-0.4, -0.2) is 23.0 Å². The van der Waals surface area contributed by atoms with Crippen molar-refractivity contribution in [2.45, 2.75) is 38.4 Å². The third-order valence-corrected chi connectivity index (χ3v) is 3.56. The Bertz CT molecular complexity index is 622. The summed E-state index contributed by atoms with van der Waals surface area (Å²) in [5.41, 5.74) is 1.94. The van der Waals surface area contributed by atoms with Crippen molar-refractivity contribution in [3.05, 3.63) is 42.1 Å². The van der Waals surface area contributed by atoms with Gasteiger partial charge in [-0.25, -0.2) is 0 Å². The molecule has 0 bridgehead atoms. The van der Waals surface area contributed by atoms with E-state index in [4.69, 9.17) is 0 Å². The topological polar surface area (TPSA) is 54.0 Å². The first-order valence-corrected chi connectivity index (χ1v) is 7.11. The number of rotatable bonds is 5. The monoisotopic (exact) mass is 269 g/mol. The molecule has 0 spiro atoms. The van der Waals surface area contributed by atoms with Crippen LogP contribution in [0.3, 0.4) is 0 Å². The molecule has 104 valence electrons. The van der Waals surface area contributed by atoms with Gasteiger partial charge in [-0.05, 0) is 31.9 Å². The Morgan fingerprint density at radius 1 is 1.30 bits per heavy atom. The Labute approximate surface area is 118 Å². The van der Waals surface area contributed by atoms with Crippen LogP contribution in [0.25, 0.3) is 10.9 Å². The van der Waals surface area contributed by atoms with E-state index in [-0.39, 0.29) is 11.9 Å². The lowest BCUT2D eigenvalue weighted by Crippen LogP contribution is -2.42. The Morgan fingerprint density at radius 2 is 2.10 bits per heavy atom. The van der Waals surface area contributed by atoms with Crippen LogP contribution in [0, 0.1) is 0 Å². The summed E-state index contributed by atoms with van der Waals surface area (Å²) in [6, 6.07) is 12.3. The third kappa shape index (κ3) is 3.14. The van der Waals surface area contributed by atoms with Gasteiger partial charge in [0, 0.05) is 18.0 Å². The second kappa shape index (κ2) is 5.59. The van der Waals surface area contributed by atoms with E-state index in [9.17, 15) is 4.79 Å². The Balaban J connectivity index is 1.59. The molecule has 1 unspecified atom stereocenters. The summed E-state index contributed by atoms with van der Waals surface area (Å²) in [5.74, 6) is 0.0771. The highest BCUT2D eigenvalue weighted by atomic mass is 16.2. The van der Waals surface area contributed by atoms with Gasteiger partial charge in [-0.1, -0.05) is 24.3 Å². The fraction of sp³-hybridized carbons (Fsp3) is 0.375. The molecule has 1 aromatic heterocycles. The molecule has 1 fully saturated rings. The first-order valence-electron chi connectivity index (χ1n) is 7.11. The number of nitrogens with zero attached hydrogens (tertiary/aromatic N) is 1. The first kappa shape index (κ1) is 13.1. The van der Waals surface area contributed by atoms with E-state index in [2.05, 4.69) is 21.7 Å². The third-order valence-electron chi connectivity index (χ3n) is 3.56. The van der Waals surface area contributed by atoms with Crippen LogP contribution < -0.4 is 10.6 Å². The predicted molar refractivity (Wildman–Crippen MR) is 79.2 cm³/mol. The molecule has 4 heteroatoms. The molecule has 3 rings (SSSR count). The average molecular weight is 269 g/mol. The van der Waals surface area contributed by atoms with Crippen LogP contribution in [-0.2, 0) is 11.3 Å². The molecule has 1 saturated carbocycles. The van der Waals surface area contributed by atoms with Crippen LogP contribution in [0.2, 0.25) is 0 Å². The van der Waals surface area contributed by atoms with E-state index in [1.807, 2.05) is 37.3 Å². The van der Waals surface area contributed by atoms with E-state index < -0.39 is 0 Å². The molecule has 1 aliphatic rings. The maximum absolute atomic E-state index is 11.8. The van der Waals surface area contributed by atoms with Crippen molar-refractivity contribution in [3.63, 3.8) is 0 Å². The summed E-state index contributed by atoms with van der Waals surface area (Å²) in [4.78, 5) is 16.4. The van der Waals surface area contributed by atoms with Gasteiger partial charge in [0.25, 0.3) is 0 Å². The molecular formula is C16H19N3O. The molecular weight excluding hydrogens is 250 g/mol. The molecule has 0 saturated heterocycles. The van der Waals surface area contributed by atoms with Crippen LogP contribution in [0.1, 0.15) is 25.5 Å².